The lowest BCUT2D eigenvalue weighted by atomic mass is 10.1. The van der Waals surface area contributed by atoms with E-state index in [0.29, 0.717) is 18.2 Å². The number of nitrogens with zero attached hydrogens (tertiary/aromatic N) is 4. The van der Waals surface area contributed by atoms with Crippen molar-refractivity contribution in [3.63, 3.8) is 0 Å². The Hall–Kier alpha value is -1.87. The van der Waals surface area contributed by atoms with Crippen molar-refractivity contribution in [2.45, 2.75) is 31.8 Å². The van der Waals surface area contributed by atoms with E-state index < -0.39 is 0 Å². The van der Waals surface area contributed by atoms with Gasteiger partial charge in [-0.1, -0.05) is 0 Å². The summed E-state index contributed by atoms with van der Waals surface area (Å²) in [5, 5.41) is 8.54. The van der Waals surface area contributed by atoms with Gasteiger partial charge in [-0.2, -0.15) is 5.26 Å². The van der Waals surface area contributed by atoms with Crippen LogP contribution in [0.2, 0.25) is 0 Å². The first kappa shape index (κ1) is 14.5. The van der Waals surface area contributed by atoms with Crippen molar-refractivity contribution in [2.24, 2.45) is 0 Å². The molecule has 0 amide bonds. The van der Waals surface area contributed by atoms with Crippen LogP contribution in [0.15, 0.2) is 12.4 Å². The molecule has 0 spiro atoms. The summed E-state index contributed by atoms with van der Waals surface area (Å²) in [4.78, 5) is 10.6. The van der Waals surface area contributed by atoms with Crippen molar-refractivity contribution in [3.8, 4) is 17.8 Å². The van der Waals surface area contributed by atoms with Gasteiger partial charge in [-0.25, -0.2) is 9.97 Å². The van der Waals surface area contributed by atoms with E-state index in [-0.39, 0.29) is 6.10 Å². The van der Waals surface area contributed by atoms with Gasteiger partial charge in [-0.3, -0.25) is 0 Å². The number of ether oxygens (including phenoxy) is 2. The van der Waals surface area contributed by atoms with E-state index in [1.54, 1.807) is 19.5 Å². The van der Waals surface area contributed by atoms with Gasteiger partial charge in [0, 0.05) is 31.9 Å². The third-order valence-corrected chi connectivity index (χ3v) is 3.40. The Morgan fingerprint density at radius 3 is 2.65 bits per heavy atom. The first-order valence-corrected chi connectivity index (χ1v) is 6.94. The van der Waals surface area contributed by atoms with Crippen molar-refractivity contribution in [3.05, 3.63) is 12.4 Å². The van der Waals surface area contributed by atoms with E-state index in [1.165, 1.54) is 0 Å². The highest BCUT2D eigenvalue weighted by Crippen LogP contribution is 2.24. The number of piperidine rings is 1. The normalized spacial score (nSPS) is 16.6. The highest BCUT2D eigenvalue weighted by atomic mass is 16.5. The number of unbranched alkanes of at least 4 members (excludes halogenated alkanes) is 1. The molecule has 1 saturated heterocycles. The van der Waals surface area contributed by atoms with Crippen LogP contribution < -0.4 is 9.47 Å². The molecule has 0 saturated carbocycles. The van der Waals surface area contributed by atoms with E-state index >= 15 is 0 Å². The highest BCUT2D eigenvalue weighted by molar-refractivity contribution is 5.24. The van der Waals surface area contributed by atoms with Crippen molar-refractivity contribution in [1.82, 2.24) is 14.9 Å². The Morgan fingerprint density at radius 1 is 1.30 bits per heavy atom. The molecule has 2 heterocycles. The van der Waals surface area contributed by atoms with Crippen LogP contribution in [-0.4, -0.2) is 47.7 Å². The van der Waals surface area contributed by atoms with Gasteiger partial charge in [0.1, 0.15) is 6.10 Å². The molecule has 20 heavy (non-hydrogen) atoms. The standard InChI is InChI=1S/C14H20N4O2/c1-19-13-14(17-8-7-16-13)20-12-4-10-18(11-5-12)9-3-2-6-15/h7-8,12H,2-5,9-11H2,1H3. The maximum absolute atomic E-state index is 8.54. The SMILES string of the molecule is COc1nccnc1OC1CCN(CCCC#N)CC1. The zero-order chi connectivity index (χ0) is 14.2. The van der Waals surface area contributed by atoms with Gasteiger partial charge in [-0.05, 0) is 25.8 Å². The average Bonchev–Trinajstić information content (AvgIpc) is 2.50. The van der Waals surface area contributed by atoms with E-state index in [9.17, 15) is 0 Å². The summed E-state index contributed by atoms with van der Waals surface area (Å²) in [6.45, 7) is 2.99. The van der Waals surface area contributed by atoms with Crippen LogP contribution in [0.5, 0.6) is 11.8 Å². The fourth-order valence-electron chi connectivity index (χ4n) is 2.32. The summed E-state index contributed by atoms with van der Waals surface area (Å²) in [7, 11) is 1.56. The summed E-state index contributed by atoms with van der Waals surface area (Å²) >= 11 is 0. The van der Waals surface area contributed by atoms with Crippen molar-refractivity contribution in [1.29, 1.82) is 5.26 Å². The predicted octanol–water partition coefficient (Wildman–Crippen LogP) is 1.63. The summed E-state index contributed by atoms with van der Waals surface area (Å²) in [5.41, 5.74) is 0. The second-order valence-corrected chi connectivity index (χ2v) is 4.79. The summed E-state index contributed by atoms with van der Waals surface area (Å²) in [5.74, 6) is 0.905. The second-order valence-electron chi connectivity index (χ2n) is 4.79. The monoisotopic (exact) mass is 276 g/mol. The molecule has 0 bridgehead atoms. The topological polar surface area (TPSA) is 71.3 Å². The molecular formula is C14H20N4O2. The molecule has 6 heteroatoms. The molecular weight excluding hydrogens is 256 g/mol. The molecule has 2 rings (SSSR count). The second kappa shape index (κ2) is 7.65. The molecule has 0 aliphatic carbocycles. The number of nitriles is 1. The molecule has 6 nitrogen and oxygen atoms in total. The Bertz CT molecular complexity index is 453. The van der Waals surface area contributed by atoms with E-state index in [0.717, 1.165) is 38.9 Å². The summed E-state index contributed by atoms with van der Waals surface area (Å²) in [6, 6.07) is 2.18. The zero-order valence-corrected chi connectivity index (χ0v) is 11.8. The fourth-order valence-corrected chi connectivity index (χ4v) is 2.32. The van der Waals surface area contributed by atoms with E-state index in [1.807, 2.05) is 0 Å². The van der Waals surface area contributed by atoms with Crippen LogP contribution in [0.25, 0.3) is 0 Å². The number of hydrogen-bond donors (Lipinski definition) is 0. The van der Waals surface area contributed by atoms with Crippen LogP contribution in [0.1, 0.15) is 25.7 Å². The number of likely N-dealkylation sites (tertiary alicyclic amines) is 1. The molecule has 0 aromatic carbocycles. The molecule has 1 aliphatic heterocycles. The van der Waals surface area contributed by atoms with Crippen LogP contribution in [0.3, 0.4) is 0 Å². The van der Waals surface area contributed by atoms with Crippen molar-refractivity contribution < 1.29 is 9.47 Å². The van der Waals surface area contributed by atoms with Gasteiger partial charge in [0.25, 0.3) is 11.8 Å². The number of rotatable bonds is 6. The third kappa shape index (κ3) is 4.07. The van der Waals surface area contributed by atoms with E-state index in [2.05, 4.69) is 20.9 Å². The number of methoxy groups -OCH3 is 1. The number of hydrogen-bond acceptors (Lipinski definition) is 6. The Balaban J connectivity index is 1.78. The van der Waals surface area contributed by atoms with Gasteiger partial charge in [0.15, 0.2) is 0 Å². The lowest BCUT2D eigenvalue weighted by Gasteiger charge is -2.31. The van der Waals surface area contributed by atoms with E-state index in [4.69, 9.17) is 14.7 Å². The molecule has 1 aliphatic rings. The van der Waals surface area contributed by atoms with Gasteiger partial charge >= 0.3 is 0 Å². The maximum atomic E-state index is 8.54. The Morgan fingerprint density at radius 2 is 2.00 bits per heavy atom. The van der Waals surface area contributed by atoms with Crippen LogP contribution in [0.4, 0.5) is 0 Å². The first-order chi connectivity index (χ1) is 9.83. The maximum Gasteiger partial charge on any atom is 0.278 e. The molecule has 1 aromatic heterocycles. The molecule has 0 radical (unpaired) electrons. The van der Waals surface area contributed by atoms with Gasteiger partial charge in [0.05, 0.1) is 13.2 Å². The van der Waals surface area contributed by atoms with Crippen molar-refractivity contribution in [2.75, 3.05) is 26.7 Å². The number of aromatic nitrogens is 2. The van der Waals surface area contributed by atoms with Gasteiger partial charge in [0.2, 0.25) is 0 Å². The highest BCUT2D eigenvalue weighted by Gasteiger charge is 2.22. The molecule has 0 N–H and O–H groups in total. The molecule has 1 fully saturated rings. The van der Waals surface area contributed by atoms with Crippen molar-refractivity contribution >= 4 is 0 Å². The van der Waals surface area contributed by atoms with Crippen LogP contribution in [-0.2, 0) is 0 Å². The minimum Gasteiger partial charge on any atom is -0.477 e. The Kier molecular flexibility index (Phi) is 5.56. The third-order valence-electron chi connectivity index (χ3n) is 3.40. The zero-order valence-electron chi connectivity index (χ0n) is 11.8. The van der Waals surface area contributed by atoms with Crippen LogP contribution >= 0.6 is 0 Å². The quantitative estimate of drug-likeness (QED) is 0.735. The minimum atomic E-state index is 0.160. The van der Waals surface area contributed by atoms with Gasteiger partial charge < -0.3 is 14.4 Å². The Labute approximate surface area is 119 Å². The lowest BCUT2D eigenvalue weighted by Crippen LogP contribution is -2.38. The minimum absolute atomic E-state index is 0.160. The fraction of sp³-hybridized carbons (Fsp3) is 0.643. The lowest BCUT2D eigenvalue weighted by molar-refractivity contribution is 0.0929. The smallest absolute Gasteiger partial charge is 0.278 e. The summed E-state index contributed by atoms with van der Waals surface area (Å²) in [6.07, 6.45) is 6.86. The summed E-state index contributed by atoms with van der Waals surface area (Å²) < 4.78 is 11.0. The molecule has 108 valence electrons. The van der Waals surface area contributed by atoms with Crippen LogP contribution in [0, 0.1) is 11.3 Å². The largest absolute Gasteiger partial charge is 0.477 e. The average molecular weight is 276 g/mol. The first-order valence-electron chi connectivity index (χ1n) is 6.94. The molecule has 0 atom stereocenters. The molecule has 0 unspecified atom stereocenters. The predicted molar refractivity (Wildman–Crippen MR) is 73.5 cm³/mol. The van der Waals surface area contributed by atoms with Gasteiger partial charge in [-0.15, -0.1) is 0 Å². The molecule has 1 aromatic rings.